The first kappa shape index (κ1) is 12.4. The van der Waals surface area contributed by atoms with E-state index in [1.54, 1.807) is 6.07 Å². The number of unbranched alkanes of at least 4 members (excludes halogenated alkanes) is 2. The number of aromatic nitrogens is 1. The number of rotatable bonds is 7. The molecule has 1 heterocycles. The molecule has 0 aliphatic rings. The summed E-state index contributed by atoms with van der Waals surface area (Å²) in [5.74, 6) is -1.02. The highest BCUT2D eigenvalue weighted by Gasteiger charge is 2.02. The SMILES string of the molecule is O=C(O)c1ccc(NCCCCCO)cn1. The van der Waals surface area contributed by atoms with E-state index in [9.17, 15) is 4.79 Å². The molecule has 3 N–H and O–H groups in total. The fourth-order valence-corrected chi connectivity index (χ4v) is 1.27. The summed E-state index contributed by atoms with van der Waals surface area (Å²) in [7, 11) is 0. The van der Waals surface area contributed by atoms with Gasteiger partial charge in [0.15, 0.2) is 0 Å². The number of hydrogen-bond acceptors (Lipinski definition) is 4. The smallest absolute Gasteiger partial charge is 0.354 e. The van der Waals surface area contributed by atoms with Gasteiger partial charge in [-0.15, -0.1) is 0 Å². The van der Waals surface area contributed by atoms with Gasteiger partial charge in [-0.2, -0.15) is 0 Å². The summed E-state index contributed by atoms with van der Waals surface area (Å²) in [6, 6.07) is 3.17. The van der Waals surface area contributed by atoms with Crippen LogP contribution < -0.4 is 5.32 Å². The minimum atomic E-state index is -1.02. The van der Waals surface area contributed by atoms with E-state index in [4.69, 9.17) is 10.2 Å². The van der Waals surface area contributed by atoms with E-state index in [-0.39, 0.29) is 12.3 Å². The summed E-state index contributed by atoms with van der Waals surface area (Å²) in [5, 5.41) is 20.4. The van der Waals surface area contributed by atoms with E-state index >= 15 is 0 Å². The van der Waals surface area contributed by atoms with Gasteiger partial charge in [-0.05, 0) is 31.4 Å². The summed E-state index contributed by atoms with van der Waals surface area (Å²) in [4.78, 5) is 14.3. The molecule has 0 saturated heterocycles. The predicted octanol–water partition coefficient (Wildman–Crippen LogP) is 1.35. The van der Waals surface area contributed by atoms with Crippen molar-refractivity contribution in [3.05, 3.63) is 24.0 Å². The highest BCUT2D eigenvalue weighted by Crippen LogP contribution is 2.06. The van der Waals surface area contributed by atoms with Crippen LogP contribution in [0.15, 0.2) is 18.3 Å². The minimum Gasteiger partial charge on any atom is -0.477 e. The molecule has 0 unspecified atom stereocenters. The first-order valence-corrected chi connectivity index (χ1v) is 5.28. The quantitative estimate of drug-likeness (QED) is 0.609. The van der Waals surface area contributed by atoms with Crippen LogP contribution in [-0.4, -0.2) is 34.3 Å². The van der Waals surface area contributed by atoms with Gasteiger partial charge in [0.1, 0.15) is 5.69 Å². The summed E-state index contributed by atoms with van der Waals surface area (Å²) < 4.78 is 0. The van der Waals surface area contributed by atoms with Crippen molar-refractivity contribution in [2.24, 2.45) is 0 Å². The van der Waals surface area contributed by atoms with E-state index in [1.807, 2.05) is 0 Å². The number of aliphatic hydroxyl groups excluding tert-OH is 1. The fraction of sp³-hybridized carbons (Fsp3) is 0.455. The molecule has 0 spiro atoms. The van der Waals surface area contributed by atoms with Gasteiger partial charge in [-0.1, -0.05) is 0 Å². The van der Waals surface area contributed by atoms with Crippen molar-refractivity contribution in [3.8, 4) is 0 Å². The van der Waals surface area contributed by atoms with Crippen molar-refractivity contribution in [1.82, 2.24) is 4.98 Å². The molecule has 0 fully saturated rings. The van der Waals surface area contributed by atoms with Crippen LogP contribution in [0.2, 0.25) is 0 Å². The van der Waals surface area contributed by atoms with Crippen LogP contribution in [0.4, 0.5) is 5.69 Å². The molecule has 0 aliphatic heterocycles. The molecular weight excluding hydrogens is 208 g/mol. The van der Waals surface area contributed by atoms with Crippen molar-refractivity contribution < 1.29 is 15.0 Å². The van der Waals surface area contributed by atoms with Crippen LogP contribution >= 0.6 is 0 Å². The third-order valence-electron chi connectivity index (χ3n) is 2.15. The summed E-state index contributed by atoms with van der Waals surface area (Å²) >= 11 is 0. The third kappa shape index (κ3) is 4.27. The molecule has 0 atom stereocenters. The lowest BCUT2D eigenvalue weighted by Crippen LogP contribution is -2.04. The maximum Gasteiger partial charge on any atom is 0.354 e. The first-order chi connectivity index (χ1) is 7.74. The van der Waals surface area contributed by atoms with Crippen molar-refractivity contribution in [1.29, 1.82) is 0 Å². The number of carboxylic acid groups (broad SMARTS) is 1. The second-order valence-electron chi connectivity index (χ2n) is 3.45. The molecule has 0 saturated carbocycles. The van der Waals surface area contributed by atoms with Gasteiger partial charge in [-0.25, -0.2) is 9.78 Å². The molecule has 0 amide bonds. The number of pyridine rings is 1. The van der Waals surface area contributed by atoms with Crippen LogP contribution in [-0.2, 0) is 0 Å². The van der Waals surface area contributed by atoms with Crippen LogP contribution in [0.25, 0.3) is 0 Å². The molecule has 1 aromatic heterocycles. The Kier molecular flexibility index (Phi) is 5.28. The molecule has 0 radical (unpaired) electrons. The minimum absolute atomic E-state index is 0.0471. The average molecular weight is 224 g/mol. The van der Waals surface area contributed by atoms with Crippen molar-refractivity contribution in [2.45, 2.75) is 19.3 Å². The molecular formula is C11H16N2O3. The number of carbonyl (C=O) groups is 1. The van der Waals surface area contributed by atoms with Crippen LogP contribution in [0.5, 0.6) is 0 Å². The maximum absolute atomic E-state index is 10.5. The van der Waals surface area contributed by atoms with E-state index in [0.717, 1.165) is 31.5 Å². The molecule has 88 valence electrons. The van der Waals surface area contributed by atoms with Gasteiger partial charge in [0, 0.05) is 13.2 Å². The molecule has 0 aliphatic carbocycles. The van der Waals surface area contributed by atoms with Gasteiger partial charge in [0.05, 0.1) is 11.9 Å². The Labute approximate surface area is 94.1 Å². The Bertz CT molecular complexity index is 325. The Morgan fingerprint density at radius 1 is 1.31 bits per heavy atom. The summed E-state index contributed by atoms with van der Waals surface area (Å²) in [5.41, 5.74) is 0.861. The fourth-order valence-electron chi connectivity index (χ4n) is 1.27. The van der Waals surface area contributed by atoms with Gasteiger partial charge >= 0.3 is 5.97 Å². The molecule has 0 bridgehead atoms. The van der Waals surface area contributed by atoms with Crippen LogP contribution in [0, 0.1) is 0 Å². The zero-order valence-corrected chi connectivity index (χ0v) is 9.02. The van der Waals surface area contributed by atoms with E-state index in [2.05, 4.69) is 10.3 Å². The zero-order chi connectivity index (χ0) is 11.8. The molecule has 0 aromatic carbocycles. The second-order valence-corrected chi connectivity index (χ2v) is 3.45. The van der Waals surface area contributed by atoms with Crippen molar-refractivity contribution in [3.63, 3.8) is 0 Å². The molecule has 16 heavy (non-hydrogen) atoms. The predicted molar refractivity (Wildman–Crippen MR) is 60.6 cm³/mol. The highest BCUT2D eigenvalue weighted by atomic mass is 16.4. The Balaban J connectivity index is 2.29. The third-order valence-corrected chi connectivity index (χ3v) is 2.15. The summed E-state index contributed by atoms with van der Waals surface area (Å²) in [6.45, 7) is 1.03. The standard InChI is InChI=1S/C11H16N2O3/c14-7-3-1-2-6-12-9-4-5-10(11(15)16)13-8-9/h4-5,8,12,14H,1-3,6-7H2,(H,15,16). The topological polar surface area (TPSA) is 82.5 Å². The Hall–Kier alpha value is -1.62. The van der Waals surface area contributed by atoms with Crippen molar-refractivity contribution in [2.75, 3.05) is 18.5 Å². The largest absolute Gasteiger partial charge is 0.477 e. The Morgan fingerprint density at radius 2 is 2.12 bits per heavy atom. The van der Waals surface area contributed by atoms with Crippen LogP contribution in [0.1, 0.15) is 29.8 Å². The lowest BCUT2D eigenvalue weighted by atomic mass is 10.2. The van der Waals surface area contributed by atoms with E-state index < -0.39 is 5.97 Å². The molecule has 1 aromatic rings. The van der Waals surface area contributed by atoms with Crippen LogP contribution in [0.3, 0.4) is 0 Å². The number of anilines is 1. The van der Waals surface area contributed by atoms with Gasteiger partial charge in [0.2, 0.25) is 0 Å². The maximum atomic E-state index is 10.5. The number of nitrogens with one attached hydrogen (secondary N) is 1. The normalized spacial score (nSPS) is 10.1. The lowest BCUT2D eigenvalue weighted by Gasteiger charge is -2.05. The van der Waals surface area contributed by atoms with Gasteiger partial charge in [-0.3, -0.25) is 0 Å². The molecule has 5 heteroatoms. The highest BCUT2D eigenvalue weighted by molar-refractivity contribution is 5.85. The van der Waals surface area contributed by atoms with Gasteiger partial charge in [0.25, 0.3) is 0 Å². The second kappa shape index (κ2) is 6.79. The monoisotopic (exact) mass is 224 g/mol. The number of hydrogen-bond donors (Lipinski definition) is 3. The average Bonchev–Trinajstić information content (AvgIpc) is 2.29. The summed E-state index contributed by atoms with van der Waals surface area (Å²) in [6.07, 6.45) is 4.28. The van der Waals surface area contributed by atoms with E-state index in [0.29, 0.717) is 0 Å². The first-order valence-electron chi connectivity index (χ1n) is 5.28. The lowest BCUT2D eigenvalue weighted by molar-refractivity contribution is 0.0690. The number of carboxylic acids is 1. The molecule has 1 rings (SSSR count). The van der Waals surface area contributed by atoms with E-state index in [1.165, 1.54) is 12.3 Å². The Morgan fingerprint density at radius 3 is 2.69 bits per heavy atom. The zero-order valence-electron chi connectivity index (χ0n) is 9.02. The van der Waals surface area contributed by atoms with Gasteiger partial charge < -0.3 is 15.5 Å². The number of nitrogens with zero attached hydrogens (tertiary/aromatic N) is 1. The molecule has 5 nitrogen and oxygen atoms in total. The van der Waals surface area contributed by atoms with Crippen molar-refractivity contribution >= 4 is 11.7 Å². The number of aliphatic hydroxyl groups is 1. The number of aromatic carboxylic acids is 1.